The number of rotatable bonds is 12. The molecule has 27 heavy (non-hydrogen) atoms. The normalized spacial score (nSPS) is 15.4. The molecule has 2 N–H and O–H groups in total. The van der Waals surface area contributed by atoms with Crippen molar-refractivity contribution in [3.8, 4) is 5.75 Å². The first-order valence-electron chi connectivity index (χ1n) is 9.46. The van der Waals surface area contributed by atoms with Crippen LogP contribution >= 0.6 is 0 Å². The number of nitrogens with zero attached hydrogens (tertiary/aromatic N) is 2. The summed E-state index contributed by atoms with van der Waals surface area (Å²) in [7, 11) is 1.62. The molecule has 1 aromatic carbocycles. The highest BCUT2D eigenvalue weighted by molar-refractivity contribution is 5.28. The number of likely N-dealkylation sites (tertiary alicyclic amines) is 1. The van der Waals surface area contributed by atoms with Gasteiger partial charge in [-0.05, 0) is 43.6 Å². The van der Waals surface area contributed by atoms with Gasteiger partial charge in [-0.2, -0.15) is 0 Å². The van der Waals surface area contributed by atoms with Gasteiger partial charge in [-0.25, -0.2) is 0 Å². The molecule has 1 fully saturated rings. The molecule has 1 heterocycles. The summed E-state index contributed by atoms with van der Waals surface area (Å²) in [5.41, 5.74) is 1.27. The summed E-state index contributed by atoms with van der Waals surface area (Å²) in [4.78, 5) is 12.4. The average Bonchev–Trinajstić information content (AvgIpc) is 2.67. The Morgan fingerprint density at radius 2 is 2.07 bits per heavy atom. The van der Waals surface area contributed by atoms with Crippen LogP contribution in [0.25, 0.3) is 0 Å². The molecule has 150 valence electrons. The summed E-state index contributed by atoms with van der Waals surface area (Å²) in [6.07, 6.45) is 4.82. The lowest BCUT2D eigenvalue weighted by molar-refractivity contribution is -0.404. The van der Waals surface area contributed by atoms with Crippen molar-refractivity contribution in [3.05, 3.63) is 52.0 Å². The van der Waals surface area contributed by atoms with Gasteiger partial charge >= 0.3 is 0 Å². The predicted molar refractivity (Wildman–Crippen MR) is 104 cm³/mol. The van der Waals surface area contributed by atoms with Crippen LogP contribution in [0.2, 0.25) is 0 Å². The lowest BCUT2D eigenvalue weighted by Gasteiger charge is -2.26. The summed E-state index contributed by atoms with van der Waals surface area (Å²) >= 11 is 0. The number of hydrogen-bond donors (Lipinski definition) is 2. The minimum Gasteiger partial charge on any atom is -0.491 e. The van der Waals surface area contributed by atoms with E-state index in [1.807, 2.05) is 12.1 Å². The maximum atomic E-state index is 10.4. The highest BCUT2D eigenvalue weighted by atomic mass is 16.6. The Morgan fingerprint density at radius 3 is 2.81 bits per heavy atom. The topological polar surface area (TPSA) is 88.9 Å². The van der Waals surface area contributed by atoms with Crippen LogP contribution in [0.3, 0.4) is 0 Å². The standard InChI is InChI=1S/C19H30N4O4/c1-20-19(16-23(24)25)21-8-11-26-12-13-27-18-7-5-6-17(14-18)15-22-9-3-2-4-10-22/h5-7,14,16,20-21H,2-4,8-13,15H2,1H3. The molecule has 8 heteroatoms. The predicted octanol–water partition coefficient (Wildman–Crippen LogP) is 1.95. The highest BCUT2D eigenvalue weighted by Crippen LogP contribution is 2.17. The van der Waals surface area contributed by atoms with Crippen LogP contribution in [0.4, 0.5) is 0 Å². The molecule has 0 saturated carbocycles. The zero-order valence-corrected chi connectivity index (χ0v) is 16.0. The lowest BCUT2D eigenvalue weighted by atomic mass is 10.1. The number of nitro groups is 1. The van der Waals surface area contributed by atoms with Gasteiger partial charge in [0, 0.05) is 20.1 Å². The first-order chi connectivity index (χ1) is 13.2. The molecule has 1 aliphatic rings. The maximum Gasteiger partial charge on any atom is 0.274 e. The summed E-state index contributed by atoms with van der Waals surface area (Å²) in [6, 6.07) is 8.22. The van der Waals surface area contributed by atoms with E-state index < -0.39 is 4.92 Å². The van der Waals surface area contributed by atoms with Crippen LogP contribution in [0.1, 0.15) is 24.8 Å². The van der Waals surface area contributed by atoms with Gasteiger partial charge < -0.3 is 20.1 Å². The Morgan fingerprint density at radius 1 is 1.26 bits per heavy atom. The van der Waals surface area contributed by atoms with E-state index in [1.165, 1.54) is 37.9 Å². The van der Waals surface area contributed by atoms with Gasteiger partial charge in [-0.3, -0.25) is 15.0 Å². The number of nitrogens with one attached hydrogen (secondary N) is 2. The zero-order valence-electron chi connectivity index (χ0n) is 16.0. The van der Waals surface area contributed by atoms with Gasteiger partial charge in [-0.15, -0.1) is 0 Å². The van der Waals surface area contributed by atoms with E-state index in [0.717, 1.165) is 18.5 Å². The molecule has 0 aromatic heterocycles. The van der Waals surface area contributed by atoms with Crippen LogP contribution in [-0.2, 0) is 11.3 Å². The second-order valence-corrected chi connectivity index (χ2v) is 6.45. The van der Waals surface area contributed by atoms with Crippen molar-refractivity contribution in [1.29, 1.82) is 0 Å². The third kappa shape index (κ3) is 8.74. The molecule has 0 aliphatic carbocycles. The molecule has 0 bridgehead atoms. The van der Waals surface area contributed by atoms with Crippen molar-refractivity contribution in [2.75, 3.05) is 46.5 Å². The van der Waals surface area contributed by atoms with E-state index in [0.29, 0.717) is 32.2 Å². The fourth-order valence-corrected chi connectivity index (χ4v) is 2.99. The van der Waals surface area contributed by atoms with Crippen molar-refractivity contribution >= 4 is 0 Å². The van der Waals surface area contributed by atoms with Crippen molar-refractivity contribution in [3.63, 3.8) is 0 Å². The monoisotopic (exact) mass is 378 g/mol. The Hall–Kier alpha value is -2.32. The van der Waals surface area contributed by atoms with Gasteiger partial charge in [0.05, 0.1) is 18.1 Å². The maximum absolute atomic E-state index is 10.4. The second-order valence-electron chi connectivity index (χ2n) is 6.45. The zero-order chi connectivity index (χ0) is 19.3. The average molecular weight is 378 g/mol. The smallest absolute Gasteiger partial charge is 0.274 e. The van der Waals surface area contributed by atoms with E-state index in [1.54, 1.807) is 7.05 Å². The van der Waals surface area contributed by atoms with E-state index in [9.17, 15) is 10.1 Å². The van der Waals surface area contributed by atoms with Gasteiger partial charge in [0.1, 0.15) is 12.4 Å². The molecule has 0 amide bonds. The molecular weight excluding hydrogens is 348 g/mol. The molecule has 8 nitrogen and oxygen atoms in total. The van der Waals surface area contributed by atoms with Crippen molar-refractivity contribution in [1.82, 2.24) is 15.5 Å². The number of benzene rings is 1. The first kappa shape index (κ1) is 21.0. The molecule has 1 saturated heterocycles. The number of hydrogen-bond acceptors (Lipinski definition) is 7. The Balaban J connectivity index is 1.60. The molecule has 0 atom stereocenters. The SMILES string of the molecule is CNC(=C[N+](=O)[O-])NCCOCCOc1cccc(CN2CCCCC2)c1. The van der Waals surface area contributed by atoms with E-state index in [-0.39, 0.29) is 0 Å². The Bertz CT molecular complexity index is 603. The fourth-order valence-electron chi connectivity index (χ4n) is 2.99. The van der Waals surface area contributed by atoms with Crippen LogP contribution in [-0.4, -0.2) is 56.3 Å². The largest absolute Gasteiger partial charge is 0.491 e. The van der Waals surface area contributed by atoms with Crippen LogP contribution in [0.15, 0.2) is 36.3 Å². The molecule has 2 rings (SSSR count). The Kier molecular flexibility index (Phi) is 9.43. The van der Waals surface area contributed by atoms with Crippen molar-refractivity contribution in [2.24, 2.45) is 0 Å². The third-order valence-electron chi connectivity index (χ3n) is 4.32. The summed E-state index contributed by atoms with van der Waals surface area (Å²) < 4.78 is 11.2. The quantitative estimate of drug-likeness (QED) is 0.326. The summed E-state index contributed by atoms with van der Waals surface area (Å²) in [6.45, 7) is 5.19. The molecule has 1 aliphatic heterocycles. The molecular formula is C19H30N4O4. The second kappa shape index (κ2) is 12.1. The van der Waals surface area contributed by atoms with Crippen molar-refractivity contribution in [2.45, 2.75) is 25.8 Å². The van der Waals surface area contributed by atoms with Gasteiger partial charge in [-0.1, -0.05) is 18.6 Å². The lowest BCUT2D eigenvalue weighted by Crippen LogP contribution is -2.29. The molecule has 0 spiro atoms. The van der Waals surface area contributed by atoms with Crippen LogP contribution < -0.4 is 15.4 Å². The minimum absolute atomic E-state index is 0.352. The molecule has 0 radical (unpaired) electrons. The highest BCUT2D eigenvalue weighted by Gasteiger charge is 2.10. The van der Waals surface area contributed by atoms with Gasteiger partial charge in [0.2, 0.25) is 0 Å². The molecule has 0 unspecified atom stereocenters. The van der Waals surface area contributed by atoms with E-state index >= 15 is 0 Å². The molecule has 1 aromatic rings. The van der Waals surface area contributed by atoms with Crippen molar-refractivity contribution < 1.29 is 14.4 Å². The fraction of sp³-hybridized carbons (Fsp3) is 0.579. The number of piperidine rings is 1. The van der Waals surface area contributed by atoms with Gasteiger partial charge in [0.15, 0.2) is 5.82 Å². The Labute approximate surface area is 160 Å². The van der Waals surface area contributed by atoms with E-state index in [4.69, 9.17) is 9.47 Å². The number of ether oxygens (including phenoxy) is 2. The van der Waals surface area contributed by atoms with Gasteiger partial charge in [0.25, 0.3) is 6.20 Å². The van der Waals surface area contributed by atoms with Crippen LogP contribution in [0.5, 0.6) is 5.75 Å². The van der Waals surface area contributed by atoms with E-state index in [2.05, 4.69) is 27.7 Å². The van der Waals surface area contributed by atoms with Crippen LogP contribution in [0, 0.1) is 10.1 Å². The first-order valence-corrected chi connectivity index (χ1v) is 9.46. The summed E-state index contributed by atoms with van der Waals surface area (Å²) in [5.74, 6) is 1.21. The minimum atomic E-state index is -0.507. The third-order valence-corrected chi connectivity index (χ3v) is 4.32. The summed E-state index contributed by atoms with van der Waals surface area (Å²) in [5, 5.41) is 16.0.